The number of carbonyl (C=O) groups excluding carboxylic acids is 1. The molecule has 0 unspecified atom stereocenters. The molecule has 1 amide bonds. The first-order valence-corrected chi connectivity index (χ1v) is 12.8. The molecule has 184 valence electrons. The Kier molecular flexibility index (Phi) is 9.97. The Hall–Kier alpha value is -2.37. The van der Waals surface area contributed by atoms with Gasteiger partial charge in [-0.15, -0.1) is 17.8 Å². The number of benzene rings is 1. The van der Waals surface area contributed by atoms with Crippen molar-refractivity contribution in [2.24, 2.45) is 0 Å². The molecule has 6 nitrogen and oxygen atoms in total. The van der Waals surface area contributed by atoms with Gasteiger partial charge in [0.1, 0.15) is 19.0 Å². The zero-order chi connectivity index (χ0) is 24.5. The fourth-order valence-corrected chi connectivity index (χ4v) is 5.37. The molecular weight excluding hydrogens is 448 g/mol. The van der Waals surface area contributed by atoms with Crippen LogP contribution in [0, 0.1) is 26.2 Å². The van der Waals surface area contributed by atoms with Gasteiger partial charge >= 0.3 is 0 Å². The molecule has 7 heteroatoms. The number of nitrogens with zero attached hydrogens (tertiary/aromatic N) is 2. The number of aliphatic hydroxyl groups is 1. The van der Waals surface area contributed by atoms with Crippen molar-refractivity contribution in [2.75, 3.05) is 46.0 Å². The Labute approximate surface area is 207 Å². The van der Waals surface area contributed by atoms with E-state index in [1.165, 1.54) is 16.0 Å². The highest BCUT2D eigenvalue weighted by Crippen LogP contribution is 2.34. The van der Waals surface area contributed by atoms with Gasteiger partial charge in [-0.25, -0.2) is 0 Å². The van der Waals surface area contributed by atoms with Crippen LogP contribution in [0.1, 0.15) is 41.0 Å². The van der Waals surface area contributed by atoms with Crippen LogP contribution in [0.3, 0.4) is 0 Å². The van der Waals surface area contributed by atoms with E-state index in [0.29, 0.717) is 19.7 Å². The first kappa shape index (κ1) is 26.2. The number of aliphatic hydroxyl groups excluding tert-OH is 1. The molecule has 0 aliphatic carbocycles. The Morgan fingerprint density at radius 3 is 2.94 bits per heavy atom. The van der Waals surface area contributed by atoms with Crippen molar-refractivity contribution in [2.45, 2.75) is 45.8 Å². The van der Waals surface area contributed by atoms with Crippen LogP contribution in [0.4, 0.5) is 0 Å². The van der Waals surface area contributed by atoms with E-state index in [9.17, 15) is 9.90 Å². The van der Waals surface area contributed by atoms with Gasteiger partial charge in [0.15, 0.2) is 0 Å². The summed E-state index contributed by atoms with van der Waals surface area (Å²) >= 11 is 1.74. The van der Waals surface area contributed by atoms with Crippen LogP contribution in [0.15, 0.2) is 29.6 Å². The van der Waals surface area contributed by atoms with E-state index in [-0.39, 0.29) is 31.7 Å². The standard InChI is InChI=1S/C27H36N2O4S/c1-5-11-28(16-22(30)18-32-13-6-2)17-27(31)29-12-9-26-23(10-14-34-26)24(29)19-33-25-8-7-20(3)15-21(25)4/h2,7-8,10,14-15,22,24,30H,5,9,11-13,16-19H2,1,3-4H3/t22-,24+/m1/s1. The van der Waals surface area contributed by atoms with Crippen LogP contribution in [0.2, 0.25) is 0 Å². The second-order valence-corrected chi connectivity index (χ2v) is 9.84. The Bertz CT molecular complexity index is 983. The van der Waals surface area contributed by atoms with E-state index >= 15 is 0 Å². The number of thiophene rings is 1. The predicted molar refractivity (Wildman–Crippen MR) is 136 cm³/mol. The van der Waals surface area contributed by atoms with Crippen molar-refractivity contribution >= 4 is 17.2 Å². The van der Waals surface area contributed by atoms with Gasteiger partial charge < -0.3 is 19.5 Å². The molecule has 2 atom stereocenters. The molecule has 2 aromatic rings. The van der Waals surface area contributed by atoms with Gasteiger partial charge in [0.25, 0.3) is 0 Å². The van der Waals surface area contributed by atoms with Gasteiger partial charge in [0, 0.05) is 18.0 Å². The van der Waals surface area contributed by atoms with Crippen molar-refractivity contribution < 1.29 is 19.4 Å². The van der Waals surface area contributed by atoms with Gasteiger partial charge in [0.05, 0.1) is 25.3 Å². The minimum Gasteiger partial charge on any atom is -0.491 e. The maximum Gasteiger partial charge on any atom is 0.237 e. The molecule has 0 radical (unpaired) electrons. The zero-order valence-corrected chi connectivity index (χ0v) is 21.3. The van der Waals surface area contributed by atoms with Crippen LogP contribution in [0.5, 0.6) is 5.75 Å². The normalized spacial score (nSPS) is 16.2. The molecule has 1 aromatic carbocycles. The number of rotatable bonds is 12. The summed E-state index contributed by atoms with van der Waals surface area (Å²) in [7, 11) is 0. The van der Waals surface area contributed by atoms with Crippen LogP contribution in [-0.4, -0.2) is 72.9 Å². The molecule has 1 aliphatic rings. The number of hydrogen-bond acceptors (Lipinski definition) is 6. The number of ether oxygens (including phenoxy) is 2. The lowest BCUT2D eigenvalue weighted by Gasteiger charge is -2.37. The van der Waals surface area contributed by atoms with Crippen molar-refractivity contribution in [3.8, 4) is 18.1 Å². The maximum absolute atomic E-state index is 13.5. The summed E-state index contributed by atoms with van der Waals surface area (Å²) < 4.78 is 11.5. The molecule has 2 heterocycles. The second-order valence-electron chi connectivity index (χ2n) is 8.84. The number of carbonyl (C=O) groups is 1. The third-order valence-electron chi connectivity index (χ3n) is 6.01. The molecule has 34 heavy (non-hydrogen) atoms. The summed E-state index contributed by atoms with van der Waals surface area (Å²) in [5.41, 5.74) is 3.47. The largest absolute Gasteiger partial charge is 0.491 e. The molecule has 0 saturated heterocycles. The Morgan fingerprint density at radius 1 is 1.38 bits per heavy atom. The third kappa shape index (κ3) is 7.07. The quantitative estimate of drug-likeness (QED) is 0.369. The van der Waals surface area contributed by atoms with Gasteiger partial charge in [-0.05, 0) is 61.9 Å². The summed E-state index contributed by atoms with van der Waals surface area (Å²) in [5.74, 6) is 3.30. The van der Waals surface area contributed by atoms with Gasteiger partial charge in [0.2, 0.25) is 5.91 Å². The second kappa shape index (κ2) is 12.9. The van der Waals surface area contributed by atoms with Gasteiger partial charge in [-0.1, -0.05) is 30.5 Å². The van der Waals surface area contributed by atoms with E-state index in [4.69, 9.17) is 15.9 Å². The van der Waals surface area contributed by atoms with E-state index in [1.807, 2.05) is 28.9 Å². The van der Waals surface area contributed by atoms with Crippen LogP contribution in [-0.2, 0) is 16.0 Å². The highest BCUT2D eigenvalue weighted by Gasteiger charge is 2.33. The summed E-state index contributed by atoms with van der Waals surface area (Å²) in [4.78, 5) is 18.8. The third-order valence-corrected chi connectivity index (χ3v) is 7.00. The number of aryl methyl sites for hydroxylation is 2. The minimum atomic E-state index is -0.693. The first-order valence-electron chi connectivity index (χ1n) is 11.9. The minimum absolute atomic E-state index is 0.0521. The zero-order valence-electron chi connectivity index (χ0n) is 20.5. The Morgan fingerprint density at radius 2 is 2.21 bits per heavy atom. The summed E-state index contributed by atoms with van der Waals surface area (Å²) in [5, 5.41) is 12.4. The monoisotopic (exact) mass is 484 g/mol. The molecule has 0 saturated carbocycles. The lowest BCUT2D eigenvalue weighted by molar-refractivity contribution is -0.136. The number of hydrogen-bond donors (Lipinski definition) is 1. The highest BCUT2D eigenvalue weighted by atomic mass is 32.1. The van der Waals surface area contributed by atoms with Crippen LogP contribution < -0.4 is 4.74 Å². The molecule has 0 fully saturated rings. The first-order chi connectivity index (χ1) is 16.4. The number of terminal acetylenes is 1. The van der Waals surface area contributed by atoms with E-state index < -0.39 is 6.10 Å². The Balaban J connectivity index is 1.69. The van der Waals surface area contributed by atoms with Crippen molar-refractivity contribution in [3.63, 3.8) is 0 Å². The molecule has 0 bridgehead atoms. The van der Waals surface area contributed by atoms with Crippen molar-refractivity contribution in [1.82, 2.24) is 9.80 Å². The van der Waals surface area contributed by atoms with Crippen LogP contribution >= 0.6 is 11.3 Å². The maximum atomic E-state index is 13.5. The molecule has 1 N–H and O–H groups in total. The average molecular weight is 485 g/mol. The molecule has 1 aromatic heterocycles. The van der Waals surface area contributed by atoms with E-state index in [0.717, 1.165) is 30.7 Å². The van der Waals surface area contributed by atoms with Gasteiger partial charge in [-0.2, -0.15) is 0 Å². The number of fused-ring (bicyclic) bond motifs is 1. The number of amides is 1. The smallest absolute Gasteiger partial charge is 0.237 e. The average Bonchev–Trinajstić information content (AvgIpc) is 3.28. The van der Waals surface area contributed by atoms with Crippen molar-refractivity contribution in [1.29, 1.82) is 0 Å². The lowest BCUT2D eigenvalue weighted by atomic mass is 10.00. The predicted octanol–water partition coefficient (Wildman–Crippen LogP) is 3.59. The SMILES string of the molecule is C#CCOC[C@H](O)CN(CCC)CC(=O)N1CCc2sccc2[C@@H]1COc1ccc(C)cc1C. The molecular formula is C27H36N2O4S. The highest BCUT2D eigenvalue weighted by molar-refractivity contribution is 7.10. The topological polar surface area (TPSA) is 62.2 Å². The molecule has 1 aliphatic heterocycles. The molecule has 3 rings (SSSR count). The van der Waals surface area contributed by atoms with Crippen molar-refractivity contribution in [3.05, 3.63) is 51.2 Å². The fourth-order valence-electron chi connectivity index (χ4n) is 4.44. The fraction of sp³-hybridized carbons (Fsp3) is 0.519. The summed E-state index contributed by atoms with van der Waals surface area (Å²) in [6, 6.07) is 8.14. The van der Waals surface area contributed by atoms with E-state index in [2.05, 4.69) is 37.3 Å². The lowest BCUT2D eigenvalue weighted by Crippen LogP contribution is -2.48. The molecule has 0 spiro atoms. The van der Waals surface area contributed by atoms with E-state index in [1.54, 1.807) is 11.3 Å². The van der Waals surface area contributed by atoms with Gasteiger partial charge in [-0.3, -0.25) is 9.69 Å². The summed E-state index contributed by atoms with van der Waals surface area (Å²) in [6.07, 6.45) is 6.25. The van der Waals surface area contributed by atoms with Crippen LogP contribution in [0.25, 0.3) is 0 Å². The summed E-state index contributed by atoms with van der Waals surface area (Å²) in [6.45, 7) is 8.92.